The number of nitrogens with two attached hydrogens (primary N) is 1. The van der Waals surface area contributed by atoms with Crippen LogP contribution in [0.5, 0.6) is 0 Å². The number of amides is 1. The van der Waals surface area contributed by atoms with Crippen LogP contribution in [0.25, 0.3) is 0 Å². The van der Waals surface area contributed by atoms with E-state index < -0.39 is 0 Å². The van der Waals surface area contributed by atoms with Crippen molar-refractivity contribution in [3.8, 4) is 0 Å². The van der Waals surface area contributed by atoms with E-state index in [0.717, 1.165) is 35.0 Å². The van der Waals surface area contributed by atoms with Gasteiger partial charge in [-0.05, 0) is 44.0 Å². The zero-order chi connectivity index (χ0) is 12.7. The van der Waals surface area contributed by atoms with Gasteiger partial charge >= 0.3 is 0 Å². The van der Waals surface area contributed by atoms with Crippen molar-refractivity contribution >= 4 is 27.5 Å². The zero-order valence-electron chi connectivity index (χ0n) is 10.1. The van der Waals surface area contributed by atoms with E-state index in [4.69, 9.17) is 5.73 Å². The number of halogens is 1. The standard InChI is InChI=1S/C13H19BrN2O/c1-10-11(14)6-5-7-12(10)16-13(17)8-3-2-4-9-15/h5-7H,2-4,8-9,15H2,1H3,(H,16,17). The van der Waals surface area contributed by atoms with Gasteiger partial charge in [-0.25, -0.2) is 0 Å². The van der Waals surface area contributed by atoms with E-state index in [1.807, 2.05) is 25.1 Å². The summed E-state index contributed by atoms with van der Waals surface area (Å²) in [5, 5.41) is 2.93. The molecule has 3 nitrogen and oxygen atoms in total. The van der Waals surface area contributed by atoms with Gasteiger partial charge in [-0.1, -0.05) is 28.4 Å². The van der Waals surface area contributed by atoms with Gasteiger partial charge in [-0.3, -0.25) is 4.79 Å². The quantitative estimate of drug-likeness (QED) is 0.792. The molecule has 0 aliphatic heterocycles. The van der Waals surface area contributed by atoms with Gasteiger partial charge in [0.05, 0.1) is 0 Å². The van der Waals surface area contributed by atoms with Crippen LogP contribution >= 0.6 is 15.9 Å². The minimum Gasteiger partial charge on any atom is -0.330 e. The Hall–Kier alpha value is -0.870. The Balaban J connectivity index is 2.43. The van der Waals surface area contributed by atoms with Crippen LogP contribution in [0.3, 0.4) is 0 Å². The molecule has 1 amide bonds. The summed E-state index contributed by atoms with van der Waals surface area (Å²) in [6.07, 6.45) is 3.46. The van der Waals surface area contributed by atoms with Crippen molar-refractivity contribution in [1.82, 2.24) is 0 Å². The minimum atomic E-state index is 0.0724. The second-order valence-corrected chi connectivity index (χ2v) is 4.91. The number of rotatable bonds is 6. The molecule has 0 bridgehead atoms. The lowest BCUT2D eigenvalue weighted by molar-refractivity contribution is -0.116. The van der Waals surface area contributed by atoms with E-state index in [0.29, 0.717) is 13.0 Å². The molecule has 1 rings (SSSR count). The van der Waals surface area contributed by atoms with Crippen molar-refractivity contribution in [2.45, 2.75) is 32.6 Å². The molecule has 0 saturated carbocycles. The Bertz CT molecular complexity index is 380. The first kappa shape index (κ1) is 14.2. The largest absolute Gasteiger partial charge is 0.330 e. The van der Waals surface area contributed by atoms with Crippen LogP contribution in [0.4, 0.5) is 5.69 Å². The molecule has 17 heavy (non-hydrogen) atoms. The molecule has 0 saturated heterocycles. The maximum absolute atomic E-state index is 11.7. The number of carbonyl (C=O) groups is 1. The first-order valence-corrected chi connectivity index (χ1v) is 6.69. The molecule has 0 aromatic heterocycles. The van der Waals surface area contributed by atoms with Gasteiger partial charge in [0, 0.05) is 16.6 Å². The lowest BCUT2D eigenvalue weighted by Crippen LogP contribution is -2.12. The van der Waals surface area contributed by atoms with E-state index in [-0.39, 0.29) is 5.91 Å². The second-order valence-electron chi connectivity index (χ2n) is 4.06. The van der Waals surface area contributed by atoms with E-state index in [1.165, 1.54) is 0 Å². The fraction of sp³-hybridized carbons (Fsp3) is 0.462. The van der Waals surface area contributed by atoms with Crippen LogP contribution < -0.4 is 11.1 Å². The molecular formula is C13H19BrN2O. The van der Waals surface area contributed by atoms with Crippen LogP contribution in [0.2, 0.25) is 0 Å². The molecule has 0 atom stereocenters. The third-order valence-electron chi connectivity index (χ3n) is 2.65. The molecule has 1 aromatic carbocycles. The van der Waals surface area contributed by atoms with Crippen LogP contribution in [-0.4, -0.2) is 12.5 Å². The third-order valence-corrected chi connectivity index (χ3v) is 3.51. The Morgan fingerprint density at radius 3 is 2.82 bits per heavy atom. The Morgan fingerprint density at radius 2 is 2.12 bits per heavy atom. The van der Waals surface area contributed by atoms with E-state index >= 15 is 0 Å². The fourth-order valence-corrected chi connectivity index (χ4v) is 1.93. The fourth-order valence-electron chi connectivity index (χ4n) is 1.56. The van der Waals surface area contributed by atoms with Gasteiger partial charge in [0.1, 0.15) is 0 Å². The highest BCUT2D eigenvalue weighted by atomic mass is 79.9. The van der Waals surface area contributed by atoms with E-state index in [9.17, 15) is 4.79 Å². The van der Waals surface area contributed by atoms with Crippen LogP contribution in [0.1, 0.15) is 31.2 Å². The van der Waals surface area contributed by atoms with Crippen molar-refractivity contribution in [3.63, 3.8) is 0 Å². The monoisotopic (exact) mass is 298 g/mol. The van der Waals surface area contributed by atoms with Crippen LogP contribution in [-0.2, 0) is 4.79 Å². The minimum absolute atomic E-state index is 0.0724. The Kier molecular flexibility index (Phi) is 6.22. The molecule has 0 unspecified atom stereocenters. The van der Waals surface area contributed by atoms with Gasteiger partial charge in [0.15, 0.2) is 0 Å². The lowest BCUT2D eigenvalue weighted by atomic mass is 10.1. The first-order valence-electron chi connectivity index (χ1n) is 5.90. The first-order chi connectivity index (χ1) is 8.15. The molecule has 0 fully saturated rings. The average molecular weight is 299 g/mol. The number of carbonyl (C=O) groups excluding carboxylic acids is 1. The van der Waals surface area contributed by atoms with Gasteiger partial charge in [-0.15, -0.1) is 0 Å². The van der Waals surface area contributed by atoms with E-state index in [1.54, 1.807) is 0 Å². The molecule has 0 heterocycles. The average Bonchev–Trinajstić information content (AvgIpc) is 2.31. The topological polar surface area (TPSA) is 55.1 Å². The number of nitrogens with one attached hydrogen (secondary N) is 1. The van der Waals surface area contributed by atoms with Crippen molar-refractivity contribution in [3.05, 3.63) is 28.2 Å². The highest BCUT2D eigenvalue weighted by molar-refractivity contribution is 9.10. The van der Waals surface area contributed by atoms with Crippen LogP contribution in [0, 0.1) is 6.92 Å². The van der Waals surface area contributed by atoms with Crippen LogP contribution in [0.15, 0.2) is 22.7 Å². The molecule has 0 aliphatic carbocycles. The summed E-state index contributed by atoms with van der Waals surface area (Å²) in [7, 11) is 0. The summed E-state index contributed by atoms with van der Waals surface area (Å²) >= 11 is 3.44. The molecule has 4 heteroatoms. The highest BCUT2D eigenvalue weighted by Gasteiger charge is 2.05. The van der Waals surface area contributed by atoms with Crippen molar-refractivity contribution < 1.29 is 4.79 Å². The molecule has 3 N–H and O–H groups in total. The number of hydrogen-bond acceptors (Lipinski definition) is 2. The smallest absolute Gasteiger partial charge is 0.224 e. The molecular weight excluding hydrogens is 280 g/mol. The summed E-state index contributed by atoms with van der Waals surface area (Å²) in [6.45, 7) is 2.68. The highest BCUT2D eigenvalue weighted by Crippen LogP contribution is 2.23. The number of hydrogen-bond donors (Lipinski definition) is 2. The molecule has 1 aromatic rings. The molecule has 0 spiro atoms. The predicted molar refractivity (Wildman–Crippen MR) is 75.0 cm³/mol. The maximum Gasteiger partial charge on any atom is 0.224 e. The van der Waals surface area contributed by atoms with Crippen molar-refractivity contribution in [1.29, 1.82) is 0 Å². The predicted octanol–water partition coefficient (Wildman–Crippen LogP) is 3.22. The zero-order valence-corrected chi connectivity index (χ0v) is 11.7. The number of benzene rings is 1. The summed E-state index contributed by atoms with van der Waals surface area (Å²) in [5.41, 5.74) is 7.34. The molecule has 0 aliphatic rings. The van der Waals surface area contributed by atoms with Gasteiger partial charge in [-0.2, -0.15) is 0 Å². The second kappa shape index (κ2) is 7.45. The van der Waals surface area contributed by atoms with Crippen molar-refractivity contribution in [2.75, 3.05) is 11.9 Å². The lowest BCUT2D eigenvalue weighted by Gasteiger charge is -2.09. The molecule has 0 radical (unpaired) electrons. The normalized spacial score (nSPS) is 10.3. The Morgan fingerprint density at radius 1 is 1.35 bits per heavy atom. The summed E-state index contributed by atoms with van der Waals surface area (Å²) in [4.78, 5) is 11.7. The third kappa shape index (κ3) is 4.88. The summed E-state index contributed by atoms with van der Waals surface area (Å²) in [5.74, 6) is 0.0724. The van der Waals surface area contributed by atoms with Crippen molar-refractivity contribution in [2.24, 2.45) is 5.73 Å². The summed E-state index contributed by atoms with van der Waals surface area (Å²) < 4.78 is 1.01. The SMILES string of the molecule is Cc1c(Br)cccc1NC(=O)CCCCCN. The van der Waals surface area contributed by atoms with Gasteiger partial charge in [0.25, 0.3) is 0 Å². The number of anilines is 1. The van der Waals surface area contributed by atoms with Gasteiger partial charge < -0.3 is 11.1 Å². The Labute approximate surface area is 111 Å². The maximum atomic E-state index is 11.7. The number of unbranched alkanes of at least 4 members (excludes halogenated alkanes) is 2. The molecule has 94 valence electrons. The van der Waals surface area contributed by atoms with Gasteiger partial charge in [0.2, 0.25) is 5.91 Å². The van der Waals surface area contributed by atoms with E-state index in [2.05, 4.69) is 21.2 Å². The summed E-state index contributed by atoms with van der Waals surface area (Å²) in [6, 6.07) is 5.80.